The molecule has 2 heterocycles. The molecule has 0 spiro atoms. The number of thiazole rings is 1. The number of halogens is 1. The molecule has 1 aliphatic heterocycles. The molecule has 1 fully saturated rings. The number of β-lactam (4-membered cyclic amide) rings is 1. The number of nitro groups is 2. The second kappa shape index (κ2) is 17.4. The van der Waals surface area contributed by atoms with Crippen molar-refractivity contribution in [3.63, 3.8) is 0 Å². The molecule has 22 heteroatoms. The summed E-state index contributed by atoms with van der Waals surface area (Å²) in [6.45, 7) is 3.02. The summed E-state index contributed by atoms with van der Waals surface area (Å²) < 4.78 is 10.4. The fourth-order valence-electron chi connectivity index (χ4n) is 4.24. The van der Waals surface area contributed by atoms with Crippen LogP contribution >= 0.6 is 22.9 Å². The van der Waals surface area contributed by atoms with Crippen LogP contribution in [0, 0.1) is 20.2 Å². The maximum atomic E-state index is 13.5. The molecule has 3 aromatic rings. The minimum atomic E-state index is -1.78. The number of hydrogen-bond donors (Lipinski definition) is 2. The smallest absolute Gasteiger partial charge is 0.353 e. The number of carbonyl (C=O) groups is 5. The first-order valence-corrected chi connectivity index (χ1v) is 16.6. The van der Waals surface area contributed by atoms with Gasteiger partial charge in [-0.3, -0.25) is 39.4 Å². The first-order valence-electron chi connectivity index (χ1n) is 15.2. The van der Waals surface area contributed by atoms with E-state index in [1.807, 2.05) is 0 Å². The summed E-state index contributed by atoms with van der Waals surface area (Å²) >= 11 is 6.47. The molecule has 20 nitrogen and oxygen atoms in total. The van der Waals surface area contributed by atoms with Crippen LogP contribution in [0.1, 0.15) is 37.6 Å². The molecule has 0 saturated carbocycles. The number of ether oxygens (including phenoxy) is 2. The van der Waals surface area contributed by atoms with Gasteiger partial charge in [0.1, 0.15) is 30.8 Å². The van der Waals surface area contributed by atoms with Crippen LogP contribution in [0.15, 0.2) is 59.1 Å². The zero-order valence-electron chi connectivity index (χ0n) is 28.0. The van der Waals surface area contributed by atoms with Gasteiger partial charge in [0, 0.05) is 29.6 Å². The summed E-state index contributed by atoms with van der Waals surface area (Å²) in [6.07, 6.45) is 0. The van der Waals surface area contributed by atoms with Gasteiger partial charge in [0.25, 0.3) is 23.2 Å². The Balaban J connectivity index is 1.38. The van der Waals surface area contributed by atoms with Gasteiger partial charge < -0.3 is 24.9 Å². The predicted octanol–water partition coefficient (Wildman–Crippen LogP) is 2.77. The lowest BCUT2D eigenvalue weighted by Crippen LogP contribution is -2.70. The van der Waals surface area contributed by atoms with Crippen LogP contribution in [0.25, 0.3) is 0 Å². The summed E-state index contributed by atoms with van der Waals surface area (Å²) in [5, 5.41) is 32.7. The van der Waals surface area contributed by atoms with Crippen molar-refractivity contribution in [3.05, 3.63) is 91.0 Å². The molecular formula is C31H30ClN7O13S. The number of nitrogens with one attached hydrogen (secondary N) is 2. The highest BCUT2D eigenvalue weighted by Gasteiger charge is 2.47. The Morgan fingerprint density at radius 2 is 1.55 bits per heavy atom. The summed E-state index contributed by atoms with van der Waals surface area (Å²) in [5.41, 5.74) is -1.71. The molecule has 0 radical (unpaired) electrons. The van der Waals surface area contributed by atoms with Crippen LogP contribution in [0.5, 0.6) is 0 Å². The number of alkyl halides is 1. The first kappa shape index (κ1) is 39.7. The van der Waals surface area contributed by atoms with E-state index in [1.54, 1.807) is 0 Å². The molecule has 2 N–H and O–H groups in total. The first-order chi connectivity index (χ1) is 25.1. The van der Waals surface area contributed by atoms with E-state index in [1.165, 1.54) is 74.7 Å². The normalized spacial score (nSPS) is 15.5. The average molecular weight is 776 g/mol. The van der Waals surface area contributed by atoms with E-state index >= 15 is 0 Å². The van der Waals surface area contributed by atoms with E-state index in [0.29, 0.717) is 11.1 Å². The quantitative estimate of drug-likeness (QED) is 0.0499. The number of oxime groups is 1. The van der Waals surface area contributed by atoms with Crippen LogP contribution in [0.4, 0.5) is 16.5 Å². The number of non-ortho nitro benzene ring substituents is 2. The van der Waals surface area contributed by atoms with E-state index in [9.17, 15) is 44.2 Å². The minimum Gasteiger partial charge on any atom is -0.459 e. The highest BCUT2D eigenvalue weighted by Crippen LogP contribution is 2.23. The van der Waals surface area contributed by atoms with Crippen molar-refractivity contribution in [2.24, 2.45) is 5.16 Å². The fourth-order valence-corrected chi connectivity index (χ4v) is 5.02. The Hall–Kier alpha value is -6.06. The number of nitrogens with zero attached hydrogens (tertiary/aromatic N) is 5. The fraction of sp³-hybridized carbons (Fsp3) is 0.323. The van der Waals surface area contributed by atoms with Gasteiger partial charge in [-0.25, -0.2) is 19.6 Å². The van der Waals surface area contributed by atoms with Gasteiger partial charge in [0.05, 0.1) is 15.9 Å². The molecule has 2 aromatic carbocycles. The third kappa shape index (κ3) is 10.5. The topological polar surface area (TPSA) is 261 Å². The maximum absolute atomic E-state index is 13.5. The van der Waals surface area contributed by atoms with Gasteiger partial charge in [0.2, 0.25) is 11.5 Å². The highest BCUT2D eigenvalue weighted by atomic mass is 35.5. The Morgan fingerprint density at radius 3 is 2.08 bits per heavy atom. The number of nitro benzene ring substituents is 2. The van der Waals surface area contributed by atoms with Gasteiger partial charge in [0.15, 0.2) is 17.5 Å². The lowest BCUT2D eigenvalue weighted by Gasteiger charge is -2.43. The van der Waals surface area contributed by atoms with Crippen molar-refractivity contribution < 1.29 is 53.0 Å². The Bertz CT molecular complexity index is 1920. The third-order valence-corrected chi connectivity index (χ3v) is 8.19. The van der Waals surface area contributed by atoms with Crippen molar-refractivity contribution in [2.45, 2.75) is 51.7 Å². The number of carbonyl (C=O) groups excluding carboxylic acids is 5. The minimum absolute atomic E-state index is 0.0565. The molecular weight excluding hydrogens is 746 g/mol. The van der Waals surface area contributed by atoms with Crippen molar-refractivity contribution in [3.8, 4) is 0 Å². The van der Waals surface area contributed by atoms with E-state index in [2.05, 4.69) is 20.8 Å². The second-order valence-electron chi connectivity index (χ2n) is 11.5. The average Bonchev–Trinajstić information content (AvgIpc) is 3.59. The molecule has 1 saturated heterocycles. The monoisotopic (exact) mass is 775 g/mol. The lowest BCUT2D eigenvalue weighted by atomic mass is 10.00. The van der Waals surface area contributed by atoms with Crippen molar-refractivity contribution >= 4 is 74.8 Å². The van der Waals surface area contributed by atoms with Crippen molar-refractivity contribution in [1.29, 1.82) is 0 Å². The van der Waals surface area contributed by atoms with Gasteiger partial charge in [-0.1, -0.05) is 5.16 Å². The van der Waals surface area contributed by atoms with Gasteiger partial charge >= 0.3 is 11.9 Å². The summed E-state index contributed by atoms with van der Waals surface area (Å²) in [7, 11) is 0. The number of hydrogen-bond acceptors (Lipinski definition) is 16. The van der Waals surface area contributed by atoms with Crippen LogP contribution in [-0.4, -0.2) is 85.4 Å². The zero-order chi connectivity index (χ0) is 38.9. The Kier molecular flexibility index (Phi) is 13.1. The predicted molar refractivity (Wildman–Crippen MR) is 183 cm³/mol. The number of hydroxylamine groups is 2. The molecule has 0 unspecified atom stereocenters. The SMILES string of the molecule is C[C@H]1[C@H](NC(=O)/C(=N\OC(C)(C)C(=O)OCc2ccc([N+](=O)[O-])cc2)c2csc(NC(=O)CCl)n2)C(=O)N1OCC(=O)OCc1ccc([N+](=O)[O-])cc1. The third-order valence-electron chi connectivity index (χ3n) is 7.19. The summed E-state index contributed by atoms with van der Waals surface area (Å²) in [5.74, 6) is -4.38. The van der Waals surface area contributed by atoms with Crippen molar-refractivity contribution in [2.75, 3.05) is 17.8 Å². The molecule has 1 aromatic heterocycles. The van der Waals surface area contributed by atoms with Gasteiger partial charge in [-0.15, -0.1) is 22.9 Å². The summed E-state index contributed by atoms with van der Waals surface area (Å²) in [4.78, 5) is 98.6. The maximum Gasteiger partial charge on any atom is 0.353 e. The molecule has 2 atom stereocenters. The number of benzene rings is 2. The molecule has 4 rings (SSSR count). The molecule has 3 amide bonds. The number of esters is 2. The summed E-state index contributed by atoms with van der Waals surface area (Å²) in [6, 6.07) is 8.73. The van der Waals surface area contributed by atoms with Crippen LogP contribution in [-0.2, 0) is 56.3 Å². The molecule has 0 bridgehead atoms. The van der Waals surface area contributed by atoms with Crippen LogP contribution in [0.2, 0.25) is 0 Å². The van der Waals surface area contributed by atoms with Gasteiger partial charge in [-0.2, -0.15) is 0 Å². The van der Waals surface area contributed by atoms with E-state index in [4.69, 9.17) is 30.7 Å². The van der Waals surface area contributed by atoms with E-state index < -0.39 is 69.5 Å². The van der Waals surface area contributed by atoms with Gasteiger partial charge in [-0.05, 0) is 56.2 Å². The number of rotatable bonds is 17. The second-order valence-corrected chi connectivity index (χ2v) is 12.6. The highest BCUT2D eigenvalue weighted by molar-refractivity contribution is 7.14. The largest absolute Gasteiger partial charge is 0.459 e. The van der Waals surface area contributed by atoms with Crippen LogP contribution < -0.4 is 10.6 Å². The molecule has 0 aliphatic carbocycles. The number of amides is 3. The van der Waals surface area contributed by atoms with Crippen molar-refractivity contribution in [1.82, 2.24) is 15.4 Å². The molecule has 280 valence electrons. The Labute approximate surface area is 308 Å². The number of anilines is 1. The van der Waals surface area contributed by atoms with Crippen LogP contribution in [0.3, 0.4) is 0 Å². The van der Waals surface area contributed by atoms with E-state index in [-0.39, 0.29) is 41.3 Å². The lowest BCUT2D eigenvalue weighted by molar-refractivity contribution is -0.385. The molecule has 53 heavy (non-hydrogen) atoms. The molecule has 1 aliphatic rings. The number of aromatic nitrogens is 1. The Morgan fingerprint density at radius 1 is 0.981 bits per heavy atom. The zero-order valence-corrected chi connectivity index (χ0v) is 29.6. The standard InChI is InChI=1S/C31H30ClN7O13S/c1-17-25(28(43)37(17)51-15-24(41)49-13-18-4-8-20(9-5-18)38(45)46)35-27(42)26(22-16-53-30(33-22)34-23(40)12-32)36-52-31(2,3)29(44)50-14-19-6-10-21(11-7-19)39(47)48/h4-11,16-17,25H,12-15H2,1-3H3,(H,35,42)(H,33,34,40)/b36-26-/t17-,25-/m0/s1. The van der Waals surface area contributed by atoms with E-state index in [0.717, 1.165) is 16.4 Å².